The molecular formula is C23H27N3O3S. The van der Waals surface area contributed by atoms with Gasteiger partial charge in [-0.1, -0.05) is 43.0 Å². The van der Waals surface area contributed by atoms with E-state index in [1.807, 2.05) is 48.5 Å². The van der Waals surface area contributed by atoms with E-state index in [4.69, 9.17) is 9.72 Å². The standard InChI is InChI=1S/C23H27N3O3S/c1-2-17-7-9-18(10-8-17)26-22(28)20-5-3-4-6-21(20)24-23(26)30-16-19(27)15-25-11-13-29-14-12-25/h3-10,19,27H,2,11-16H2,1H3/t19-/m1/s1. The number of hydrogen-bond acceptors (Lipinski definition) is 6. The molecule has 0 radical (unpaired) electrons. The highest BCUT2D eigenvalue weighted by atomic mass is 32.2. The summed E-state index contributed by atoms with van der Waals surface area (Å²) in [5, 5.41) is 11.8. The topological polar surface area (TPSA) is 67.6 Å². The third-order valence-corrected chi connectivity index (χ3v) is 6.41. The van der Waals surface area contributed by atoms with E-state index in [1.165, 1.54) is 17.3 Å². The fourth-order valence-corrected chi connectivity index (χ4v) is 4.55. The molecule has 0 aliphatic carbocycles. The van der Waals surface area contributed by atoms with Gasteiger partial charge in [-0.15, -0.1) is 0 Å². The highest BCUT2D eigenvalue weighted by Crippen LogP contribution is 2.22. The Labute approximate surface area is 180 Å². The molecule has 1 aromatic heterocycles. The molecule has 1 aliphatic heterocycles. The molecule has 1 fully saturated rings. The van der Waals surface area contributed by atoms with Crippen LogP contribution in [-0.4, -0.2) is 64.3 Å². The Hall–Kier alpha value is -2.19. The van der Waals surface area contributed by atoms with Gasteiger partial charge in [0.1, 0.15) is 0 Å². The van der Waals surface area contributed by atoms with E-state index in [9.17, 15) is 9.90 Å². The van der Waals surface area contributed by atoms with Crippen molar-refractivity contribution in [3.05, 3.63) is 64.4 Å². The van der Waals surface area contributed by atoms with E-state index in [0.717, 1.165) is 25.2 Å². The molecule has 0 bridgehead atoms. The van der Waals surface area contributed by atoms with Gasteiger partial charge in [-0.2, -0.15) is 0 Å². The second-order valence-electron chi connectivity index (χ2n) is 7.45. The van der Waals surface area contributed by atoms with Gasteiger partial charge in [0.05, 0.1) is 35.9 Å². The van der Waals surface area contributed by atoms with Gasteiger partial charge in [0, 0.05) is 25.4 Å². The van der Waals surface area contributed by atoms with E-state index in [2.05, 4.69) is 11.8 Å². The lowest BCUT2D eigenvalue weighted by molar-refractivity contribution is 0.0188. The number of aryl methyl sites for hydroxylation is 1. The number of rotatable bonds is 7. The Morgan fingerprint density at radius 1 is 1.13 bits per heavy atom. The first-order chi connectivity index (χ1) is 14.7. The minimum absolute atomic E-state index is 0.0879. The molecule has 0 unspecified atom stereocenters. The van der Waals surface area contributed by atoms with Crippen LogP contribution in [0.25, 0.3) is 16.6 Å². The number of benzene rings is 2. The predicted molar refractivity (Wildman–Crippen MR) is 121 cm³/mol. The van der Waals surface area contributed by atoms with Gasteiger partial charge in [-0.3, -0.25) is 14.3 Å². The average molecular weight is 426 g/mol. The first-order valence-electron chi connectivity index (χ1n) is 10.4. The summed E-state index contributed by atoms with van der Waals surface area (Å²) in [5.74, 6) is 0.467. The molecule has 1 aliphatic rings. The van der Waals surface area contributed by atoms with Crippen molar-refractivity contribution in [2.24, 2.45) is 0 Å². The predicted octanol–water partition coefficient (Wildman–Crippen LogP) is 2.73. The van der Waals surface area contributed by atoms with E-state index in [1.54, 1.807) is 4.57 Å². The quantitative estimate of drug-likeness (QED) is 0.464. The van der Waals surface area contributed by atoms with Crippen LogP contribution >= 0.6 is 11.8 Å². The largest absolute Gasteiger partial charge is 0.391 e. The minimum Gasteiger partial charge on any atom is -0.391 e. The van der Waals surface area contributed by atoms with Gasteiger partial charge >= 0.3 is 0 Å². The van der Waals surface area contributed by atoms with Crippen molar-refractivity contribution in [2.45, 2.75) is 24.6 Å². The molecule has 2 aromatic carbocycles. The van der Waals surface area contributed by atoms with Crippen LogP contribution in [0.5, 0.6) is 0 Å². The fraction of sp³-hybridized carbons (Fsp3) is 0.391. The third kappa shape index (κ3) is 4.75. The lowest BCUT2D eigenvalue weighted by Gasteiger charge is -2.28. The molecule has 3 aromatic rings. The summed E-state index contributed by atoms with van der Waals surface area (Å²) in [5.41, 5.74) is 2.60. The summed E-state index contributed by atoms with van der Waals surface area (Å²) in [6.07, 6.45) is 0.438. The normalized spacial score (nSPS) is 16.1. The SMILES string of the molecule is CCc1ccc(-n2c(SC[C@H](O)CN3CCOCC3)nc3ccccc3c2=O)cc1. The number of para-hydroxylation sites is 1. The number of aliphatic hydroxyl groups is 1. The van der Waals surface area contributed by atoms with E-state index >= 15 is 0 Å². The highest BCUT2D eigenvalue weighted by Gasteiger charge is 2.18. The van der Waals surface area contributed by atoms with Crippen LogP contribution in [0.15, 0.2) is 58.5 Å². The van der Waals surface area contributed by atoms with Crippen molar-refractivity contribution in [2.75, 3.05) is 38.6 Å². The number of nitrogens with zero attached hydrogens (tertiary/aromatic N) is 3. The zero-order valence-corrected chi connectivity index (χ0v) is 18.0. The van der Waals surface area contributed by atoms with Gasteiger partial charge in [-0.25, -0.2) is 4.98 Å². The van der Waals surface area contributed by atoms with E-state index < -0.39 is 6.10 Å². The lowest BCUT2D eigenvalue weighted by Crippen LogP contribution is -2.41. The van der Waals surface area contributed by atoms with Crippen molar-refractivity contribution in [1.82, 2.24) is 14.5 Å². The van der Waals surface area contributed by atoms with Crippen molar-refractivity contribution < 1.29 is 9.84 Å². The fourth-order valence-electron chi connectivity index (χ4n) is 3.62. The summed E-state index contributed by atoms with van der Waals surface area (Å²) in [6, 6.07) is 15.4. The summed E-state index contributed by atoms with van der Waals surface area (Å²) >= 11 is 1.42. The van der Waals surface area contributed by atoms with Crippen LogP contribution in [0.1, 0.15) is 12.5 Å². The zero-order chi connectivity index (χ0) is 20.9. The summed E-state index contributed by atoms with van der Waals surface area (Å²) < 4.78 is 7.03. The van der Waals surface area contributed by atoms with Gasteiger partial charge in [0.25, 0.3) is 5.56 Å². The molecule has 1 N–H and O–H groups in total. The van der Waals surface area contributed by atoms with Crippen molar-refractivity contribution in [3.63, 3.8) is 0 Å². The summed E-state index contributed by atoms with van der Waals surface area (Å²) in [6.45, 7) is 5.79. The van der Waals surface area contributed by atoms with Gasteiger partial charge in [0.15, 0.2) is 5.16 Å². The number of β-amino-alcohol motifs (C(OH)–C–C–N with tert-alkyl or cyclic N) is 1. The van der Waals surface area contributed by atoms with Crippen molar-refractivity contribution >= 4 is 22.7 Å². The van der Waals surface area contributed by atoms with Crippen molar-refractivity contribution in [1.29, 1.82) is 0 Å². The average Bonchev–Trinajstić information content (AvgIpc) is 2.79. The maximum Gasteiger partial charge on any atom is 0.266 e. The smallest absolute Gasteiger partial charge is 0.266 e. The molecular weight excluding hydrogens is 398 g/mol. The number of ether oxygens (including phenoxy) is 1. The first-order valence-corrected chi connectivity index (χ1v) is 11.4. The molecule has 4 rings (SSSR count). The first kappa shape index (κ1) is 21.1. The molecule has 0 amide bonds. The summed E-state index contributed by atoms with van der Waals surface area (Å²) in [7, 11) is 0. The van der Waals surface area contributed by atoms with E-state index in [0.29, 0.717) is 41.6 Å². The molecule has 7 heteroatoms. The third-order valence-electron chi connectivity index (χ3n) is 5.33. The zero-order valence-electron chi connectivity index (χ0n) is 17.2. The van der Waals surface area contributed by atoms with Crippen LogP contribution < -0.4 is 5.56 Å². The summed E-state index contributed by atoms with van der Waals surface area (Å²) in [4.78, 5) is 20.3. The Morgan fingerprint density at radius 2 is 1.87 bits per heavy atom. The number of aliphatic hydroxyl groups excluding tert-OH is 1. The van der Waals surface area contributed by atoms with Crippen LogP contribution in [0.3, 0.4) is 0 Å². The lowest BCUT2D eigenvalue weighted by atomic mass is 10.1. The Balaban J connectivity index is 1.62. The number of hydrogen-bond donors (Lipinski definition) is 1. The Bertz CT molecular complexity index is 1050. The van der Waals surface area contributed by atoms with Crippen LogP contribution in [0.4, 0.5) is 0 Å². The molecule has 0 saturated carbocycles. The maximum absolute atomic E-state index is 13.3. The number of aromatic nitrogens is 2. The molecule has 0 spiro atoms. The van der Waals surface area contributed by atoms with Crippen LogP contribution in [-0.2, 0) is 11.2 Å². The second-order valence-corrected chi connectivity index (χ2v) is 8.44. The van der Waals surface area contributed by atoms with E-state index in [-0.39, 0.29) is 5.56 Å². The molecule has 6 nitrogen and oxygen atoms in total. The number of thioether (sulfide) groups is 1. The Morgan fingerprint density at radius 3 is 2.60 bits per heavy atom. The Kier molecular flexibility index (Phi) is 6.84. The monoisotopic (exact) mass is 425 g/mol. The van der Waals surface area contributed by atoms with Gasteiger partial charge in [-0.05, 0) is 36.2 Å². The number of morpholine rings is 1. The van der Waals surface area contributed by atoms with Crippen LogP contribution in [0.2, 0.25) is 0 Å². The molecule has 1 saturated heterocycles. The van der Waals surface area contributed by atoms with Gasteiger partial charge in [0.2, 0.25) is 0 Å². The highest BCUT2D eigenvalue weighted by molar-refractivity contribution is 7.99. The van der Waals surface area contributed by atoms with Gasteiger partial charge < -0.3 is 9.84 Å². The number of fused-ring (bicyclic) bond motifs is 1. The molecule has 30 heavy (non-hydrogen) atoms. The van der Waals surface area contributed by atoms with Crippen LogP contribution in [0, 0.1) is 0 Å². The van der Waals surface area contributed by atoms with Crippen molar-refractivity contribution in [3.8, 4) is 5.69 Å². The minimum atomic E-state index is -0.507. The molecule has 2 heterocycles. The molecule has 1 atom stereocenters. The molecule has 158 valence electrons. The second kappa shape index (κ2) is 9.75. The maximum atomic E-state index is 13.3.